The Morgan fingerprint density at radius 2 is 1.11 bits per heavy atom. The van der Waals surface area contributed by atoms with Gasteiger partial charge in [-0.2, -0.15) is 0 Å². The van der Waals surface area contributed by atoms with Gasteiger partial charge in [0.15, 0.2) is 0 Å². The molecule has 0 unspecified atom stereocenters. The van der Waals surface area contributed by atoms with Crippen molar-refractivity contribution in [3.8, 4) is 0 Å². The second kappa shape index (κ2) is 24.5. The molecular formula is C56H66Cl2N10O5. The fraction of sp³-hybridized carbons (Fsp3) is 0.286. The predicted octanol–water partition coefficient (Wildman–Crippen LogP) is 10.4. The third-order valence-corrected chi connectivity index (χ3v) is 11.8. The summed E-state index contributed by atoms with van der Waals surface area (Å²) in [5, 5.41) is 36.0. The van der Waals surface area contributed by atoms with Crippen LogP contribution in [0.3, 0.4) is 0 Å². The van der Waals surface area contributed by atoms with Gasteiger partial charge in [0.2, 0.25) is 0 Å². The van der Waals surface area contributed by atoms with E-state index in [1.54, 1.807) is 58.3 Å². The number of benzene rings is 2. The number of anilines is 2. The first kappa shape index (κ1) is 58.4. The van der Waals surface area contributed by atoms with Crippen molar-refractivity contribution >= 4 is 68.4 Å². The molecule has 0 saturated carbocycles. The Bertz CT molecular complexity index is 3240. The number of nitrogens with one attached hydrogen (secondary N) is 1. The number of pyridine rings is 6. The standard InChI is InChI=1S/C27H28ClN5O2.C19H17ClN2O3.C8H13N3.2CH4/c1-15-7-25(29)32-16(2)22(15)14-31-26(34)19-11-21(33-24(12-19)27(3,4)35)9-17-5-6-23-18(8-17)10-20(28)13-30-23;1-19(2,25)17-9-13(18(23)24)8-15(22-17)6-11-3-4-16-12(5-11)7-14(20)10-21-16;1-5-3-7(4-9)11-6(2)8(5)10;;/h5-8,10-13,35H,9,14H2,1-4H3,(H2,29,32)(H,31,34);3-5,7-10,25H,6H2,1-2H3,(H,23,24);3H,4,9-10H2,1-2H3;2*1H4. The van der Waals surface area contributed by atoms with Gasteiger partial charge in [-0.3, -0.25) is 29.7 Å². The maximum atomic E-state index is 13.1. The lowest BCUT2D eigenvalue weighted by atomic mass is 9.99. The molecule has 0 saturated heterocycles. The van der Waals surface area contributed by atoms with Crippen LogP contribution < -0.4 is 22.5 Å². The van der Waals surface area contributed by atoms with E-state index in [2.05, 4.69) is 35.2 Å². The van der Waals surface area contributed by atoms with Gasteiger partial charge in [-0.1, -0.05) is 50.2 Å². The number of nitrogens with two attached hydrogens (primary N) is 3. The van der Waals surface area contributed by atoms with Crippen molar-refractivity contribution in [2.24, 2.45) is 5.73 Å². The molecule has 10 N–H and O–H groups in total. The number of carboxylic acid groups (broad SMARTS) is 1. The van der Waals surface area contributed by atoms with Gasteiger partial charge < -0.3 is 37.8 Å². The number of aromatic carboxylic acids is 1. The van der Waals surface area contributed by atoms with E-state index in [1.807, 2.05) is 82.3 Å². The van der Waals surface area contributed by atoms with Crippen LogP contribution in [0.15, 0.2) is 97.3 Å². The highest BCUT2D eigenvalue weighted by atomic mass is 35.5. The summed E-state index contributed by atoms with van der Waals surface area (Å²) in [5.74, 6) is -0.858. The van der Waals surface area contributed by atoms with Crippen LogP contribution in [0.5, 0.6) is 0 Å². The van der Waals surface area contributed by atoms with Gasteiger partial charge in [0.1, 0.15) is 17.0 Å². The summed E-state index contributed by atoms with van der Waals surface area (Å²) in [7, 11) is 0. The van der Waals surface area contributed by atoms with E-state index < -0.39 is 17.2 Å². The molecule has 8 rings (SSSR count). The number of aromatic nitrogens is 6. The van der Waals surface area contributed by atoms with Gasteiger partial charge in [-0.05, 0) is 156 Å². The monoisotopic (exact) mass is 1030 g/mol. The second-order valence-corrected chi connectivity index (χ2v) is 19.2. The molecule has 17 heteroatoms. The Balaban J connectivity index is 0.000000264. The molecule has 6 aromatic heterocycles. The van der Waals surface area contributed by atoms with Crippen LogP contribution in [0, 0.1) is 27.7 Å². The lowest BCUT2D eigenvalue weighted by Crippen LogP contribution is -2.26. The molecule has 384 valence electrons. The molecule has 2 aromatic carbocycles. The third-order valence-electron chi connectivity index (χ3n) is 11.4. The highest BCUT2D eigenvalue weighted by Crippen LogP contribution is 2.26. The third kappa shape index (κ3) is 15.7. The SMILES string of the molecule is C.C.CC(C)(O)c1cc(C(=O)O)cc(Cc2ccc3ncc(Cl)cc3c2)n1.Cc1cc(CN)nc(C)c1N.Cc1cc(N)nc(C)c1CNC(=O)c1cc(Cc2ccc3ncc(Cl)cc3c2)nc(C(C)(C)O)c1. The van der Waals surface area contributed by atoms with E-state index in [-0.39, 0.29) is 26.3 Å². The van der Waals surface area contributed by atoms with Gasteiger partial charge in [-0.25, -0.2) is 9.78 Å². The lowest BCUT2D eigenvalue weighted by Gasteiger charge is -2.19. The number of aliphatic hydroxyl groups is 2. The predicted molar refractivity (Wildman–Crippen MR) is 294 cm³/mol. The molecule has 0 fully saturated rings. The number of nitrogen functional groups attached to an aromatic ring is 2. The Morgan fingerprint density at radius 1 is 0.616 bits per heavy atom. The Hall–Kier alpha value is -7.14. The zero-order valence-electron chi connectivity index (χ0n) is 40.9. The van der Waals surface area contributed by atoms with Crippen LogP contribution in [0.25, 0.3) is 21.8 Å². The van der Waals surface area contributed by atoms with Crippen molar-refractivity contribution in [3.63, 3.8) is 0 Å². The molecule has 0 atom stereocenters. The summed E-state index contributed by atoms with van der Waals surface area (Å²) in [6.45, 7) is 14.9. The van der Waals surface area contributed by atoms with Crippen LogP contribution in [-0.4, -0.2) is 57.1 Å². The number of amides is 1. The fourth-order valence-corrected chi connectivity index (χ4v) is 7.97. The number of halogens is 2. The molecular weight excluding hydrogens is 964 g/mol. The lowest BCUT2D eigenvalue weighted by molar-refractivity contribution is 0.0684. The maximum Gasteiger partial charge on any atom is 0.335 e. The zero-order chi connectivity index (χ0) is 51.9. The second-order valence-electron chi connectivity index (χ2n) is 18.3. The van der Waals surface area contributed by atoms with Crippen LogP contribution in [0.2, 0.25) is 10.0 Å². The van der Waals surface area contributed by atoms with Crippen LogP contribution in [-0.2, 0) is 37.1 Å². The molecule has 0 spiro atoms. The summed E-state index contributed by atoms with van der Waals surface area (Å²) < 4.78 is 0. The number of fused-ring (bicyclic) bond motifs is 2. The van der Waals surface area contributed by atoms with E-state index in [9.17, 15) is 24.9 Å². The number of carbonyl (C=O) groups excluding carboxylic acids is 1. The van der Waals surface area contributed by atoms with Gasteiger partial charge >= 0.3 is 5.97 Å². The van der Waals surface area contributed by atoms with E-state index in [0.717, 1.165) is 72.4 Å². The zero-order valence-corrected chi connectivity index (χ0v) is 42.4. The highest BCUT2D eigenvalue weighted by Gasteiger charge is 2.23. The van der Waals surface area contributed by atoms with Gasteiger partial charge in [-0.15, -0.1) is 0 Å². The number of rotatable bonds is 11. The highest BCUT2D eigenvalue weighted by molar-refractivity contribution is 6.31. The molecule has 0 radical (unpaired) electrons. The van der Waals surface area contributed by atoms with Crippen molar-refractivity contribution < 1.29 is 24.9 Å². The summed E-state index contributed by atoms with van der Waals surface area (Å²) in [6, 6.07) is 25.4. The largest absolute Gasteiger partial charge is 0.478 e. The van der Waals surface area contributed by atoms with Gasteiger partial charge in [0.25, 0.3) is 5.91 Å². The van der Waals surface area contributed by atoms with Gasteiger partial charge in [0.05, 0.1) is 55.1 Å². The van der Waals surface area contributed by atoms with Crippen molar-refractivity contribution in [3.05, 3.63) is 186 Å². The number of hydrogen-bond acceptors (Lipinski definition) is 13. The van der Waals surface area contributed by atoms with Gasteiger partial charge in [0, 0.05) is 71.7 Å². The quantitative estimate of drug-likeness (QED) is 0.0636. The smallest absolute Gasteiger partial charge is 0.335 e. The summed E-state index contributed by atoms with van der Waals surface area (Å²) in [5.41, 5.74) is 26.9. The summed E-state index contributed by atoms with van der Waals surface area (Å²) in [4.78, 5) is 50.6. The van der Waals surface area contributed by atoms with Crippen molar-refractivity contribution in [1.82, 2.24) is 35.2 Å². The average molecular weight is 1030 g/mol. The Labute approximate surface area is 437 Å². The Morgan fingerprint density at radius 3 is 1.56 bits per heavy atom. The first-order chi connectivity index (χ1) is 33.4. The van der Waals surface area contributed by atoms with Crippen molar-refractivity contribution in [1.29, 1.82) is 0 Å². The minimum atomic E-state index is -1.22. The molecule has 8 aromatic rings. The molecule has 0 aliphatic heterocycles. The molecule has 73 heavy (non-hydrogen) atoms. The van der Waals surface area contributed by atoms with E-state index in [0.29, 0.717) is 70.1 Å². The number of hydrogen-bond donors (Lipinski definition) is 7. The number of nitrogens with zero attached hydrogens (tertiary/aromatic N) is 6. The van der Waals surface area contributed by atoms with Crippen molar-refractivity contribution in [2.75, 3.05) is 11.5 Å². The molecule has 0 aliphatic rings. The minimum absolute atomic E-state index is 0. The molecule has 15 nitrogen and oxygen atoms in total. The fourth-order valence-electron chi connectivity index (χ4n) is 7.64. The van der Waals surface area contributed by atoms with Crippen LogP contribution in [0.1, 0.15) is 131 Å². The maximum absolute atomic E-state index is 13.1. The summed E-state index contributed by atoms with van der Waals surface area (Å²) in [6.07, 6.45) is 4.13. The van der Waals surface area contributed by atoms with Crippen LogP contribution >= 0.6 is 23.2 Å². The van der Waals surface area contributed by atoms with Crippen LogP contribution in [0.4, 0.5) is 11.5 Å². The number of carbonyl (C=O) groups is 2. The molecule has 0 aliphatic carbocycles. The van der Waals surface area contributed by atoms with E-state index in [1.165, 1.54) is 12.1 Å². The van der Waals surface area contributed by atoms with E-state index in [4.69, 9.17) is 40.4 Å². The van der Waals surface area contributed by atoms with Crippen molar-refractivity contribution in [2.45, 2.75) is 107 Å². The molecule has 1 amide bonds. The first-order valence-electron chi connectivity index (χ1n) is 22.6. The average Bonchev–Trinajstić information content (AvgIpc) is 3.29. The first-order valence-corrected chi connectivity index (χ1v) is 23.3. The van der Waals surface area contributed by atoms with E-state index >= 15 is 0 Å². The normalized spacial score (nSPS) is 11.1. The summed E-state index contributed by atoms with van der Waals surface area (Å²) >= 11 is 12.1. The number of carboxylic acids is 1. The number of aryl methyl sites for hydroxylation is 4. The molecule has 0 bridgehead atoms. The molecule has 6 heterocycles. The topological polar surface area (TPSA) is 262 Å². The minimum Gasteiger partial charge on any atom is -0.478 e. The Kier molecular flexibility index (Phi) is 19.6.